The smallest absolute Gasteiger partial charge is 0.412 e. The summed E-state index contributed by atoms with van der Waals surface area (Å²) < 4.78 is 46.2. The summed E-state index contributed by atoms with van der Waals surface area (Å²) in [6, 6.07) is 9.91. The number of para-hydroxylation sites is 1. The van der Waals surface area contributed by atoms with E-state index in [1.165, 1.54) is 0 Å². The molecule has 14 heteroatoms. The van der Waals surface area contributed by atoms with Gasteiger partial charge in [0.25, 0.3) is 0 Å². The molecule has 3 atom stereocenters. The number of aromatic nitrogens is 2. The summed E-state index contributed by atoms with van der Waals surface area (Å²) in [7, 11) is 0. The number of hydrogen-bond donors (Lipinski definition) is 3. The van der Waals surface area contributed by atoms with Crippen LogP contribution in [-0.2, 0) is 23.8 Å². The Morgan fingerprint density at radius 3 is 2.49 bits per heavy atom. The van der Waals surface area contributed by atoms with Crippen molar-refractivity contribution in [1.29, 1.82) is 0 Å². The molecule has 2 heterocycles. The number of esters is 1. The van der Waals surface area contributed by atoms with Crippen molar-refractivity contribution in [3.05, 3.63) is 53.1 Å². The van der Waals surface area contributed by atoms with Gasteiger partial charge in [-0.3, -0.25) is 19.5 Å². The van der Waals surface area contributed by atoms with Crippen molar-refractivity contribution in [3.63, 3.8) is 0 Å². The summed E-state index contributed by atoms with van der Waals surface area (Å²) in [5.41, 5.74) is -0.540. The predicted molar refractivity (Wildman–Crippen MR) is 142 cm³/mol. The normalized spacial score (nSPS) is 19.4. The van der Waals surface area contributed by atoms with Gasteiger partial charge in [-0.2, -0.15) is 13.8 Å². The lowest BCUT2D eigenvalue weighted by atomic mass is 10.1. The minimum Gasteiger partial charge on any atom is -0.453 e. The fraction of sp³-hybridized carbons (Fsp3) is 0.519. The zero-order valence-electron chi connectivity index (χ0n) is 22.6. The van der Waals surface area contributed by atoms with Crippen molar-refractivity contribution in [2.24, 2.45) is 0 Å². The number of anilines is 2. The number of ether oxygens (including phenoxy) is 3. The second kappa shape index (κ2) is 15.2. The second-order valence-electron chi connectivity index (χ2n) is 9.39. The van der Waals surface area contributed by atoms with E-state index in [-0.39, 0.29) is 37.6 Å². The number of nitrogens with one attached hydrogen (secondary N) is 2. The summed E-state index contributed by atoms with van der Waals surface area (Å²) in [4.78, 5) is 52.3. The standard InChI is InChI=1S/C27H34F2N4O8/c1-2-3-9-16-39-26(38)32-20-14-15-33(25(37)31-20)24-27(28,29)23(19(17-34)40-24)41-22(36)13-8-7-12-21(35)30-18-10-5-4-6-11-18/h4-6,10-11,14-15,19,23-24,34H,2-3,7-9,12-13,16-17H2,1H3,(H,30,35)(H,31,32,37,38)/t19-,23-,24-/m1/s1. The molecule has 12 nitrogen and oxygen atoms in total. The van der Waals surface area contributed by atoms with Crippen molar-refractivity contribution in [3.8, 4) is 0 Å². The highest BCUT2D eigenvalue weighted by atomic mass is 19.3. The molecule has 0 spiro atoms. The molecule has 0 radical (unpaired) electrons. The van der Waals surface area contributed by atoms with Gasteiger partial charge < -0.3 is 24.6 Å². The van der Waals surface area contributed by atoms with Crippen LogP contribution < -0.4 is 16.3 Å². The average Bonchev–Trinajstić information content (AvgIpc) is 3.18. The number of halogens is 2. The van der Waals surface area contributed by atoms with Crippen LogP contribution in [0.3, 0.4) is 0 Å². The summed E-state index contributed by atoms with van der Waals surface area (Å²) in [6.45, 7) is 1.25. The fourth-order valence-electron chi connectivity index (χ4n) is 4.08. The molecule has 2 amide bonds. The molecule has 1 aliphatic rings. The van der Waals surface area contributed by atoms with E-state index < -0.39 is 48.7 Å². The number of aliphatic hydroxyl groups is 1. The second-order valence-corrected chi connectivity index (χ2v) is 9.39. The summed E-state index contributed by atoms with van der Waals surface area (Å²) >= 11 is 0. The van der Waals surface area contributed by atoms with E-state index in [0.29, 0.717) is 23.1 Å². The van der Waals surface area contributed by atoms with Crippen LogP contribution >= 0.6 is 0 Å². The third kappa shape index (κ3) is 9.05. The Morgan fingerprint density at radius 2 is 1.80 bits per heavy atom. The van der Waals surface area contributed by atoms with Gasteiger partial charge in [-0.15, -0.1) is 0 Å². The first-order valence-corrected chi connectivity index (χ1v) is 13.4. The third-order valence-electron chi connectivity index (χ3n) is 6.17. The summed E-state index contributed by atoms with van der Waals surface area (Å²) in [5.74, 6) is -5.35. The van der Waals surface area contributed by atoms with Gasteiger partial charge in [0.05, 0.1) is 13.2 Å². The molecule has 0 bridgehead atoms. The van der Waals surface area contributed by atoms with Gasteiger partial charge >= 0.3 is 23.7 Å². The molecule has 3 rings (SSSR count). The Bertz CT molecular complexity index is 1230. The number of unbranched alkanes of at least 4 members (excludes halogenated alkanes) is 3. The zero-order chi connectivity index (χ0) is 29.8. The Kier molecular flexibility index (Phi) is 11.7. The van der Waals surface area contributed by atoms with Gasteiger partial charge in [0.1, 0.15) is 11.9 Å². The Morgan fingerprint density at radius 1 is 1.07 bits per heavy atom. The fourth-order valence-corrected chi connectivity index (χ4v) is 4.08. The maximum atomic E-state index is 15.3. The molecule has 2 aromatic rings. The number of aliphatic hydroxyl groups excluding tert-OH is 1. The van der Waals surface area contributed by atoms with Crippen LogP contribution in [0.25, 0.3) is 0 Å². The lowest BCUT2D eigenvalue weighted by Crippen LogP contribution is -2.44. The monoisotopic (exact) mass is 580 g/mol. The van der Waals surface area contributed by atoms with Gasteiger partial charge in [-0.1, -0.05) is 38.0 Å². The van der Waals surface area contributed by atoms with Crippen molar-refractivity contribution in [2.45, 2.75) is 76.2 Å². The minimum absolute atomic E-state index is 0.115. The molecule has 3 N–H and O–H groups in total. The van der Waals surface area contributed by atoms with E-state index >= 15 is 8.78 Å². The van der Waals surface area contributed by atoms with E-state index in [1.807, 2.05) is 13.0 Å². The molecule has 1 aliphatic heterocycles. The number of alkyl halides is 2. The maximum Gasteiger partial charge on any atom is 0.412 e. The van der Waals surface area contributed by atoms with Crippen LogP contribution in [0.15, 0.2) is 47.4 Å². The van der Waals surface area contributed by atoms with Crippen molar-refractivity contribution < 1.29 is 42.5 Å². The van der Waals surface area contributed by atoms with E-state index in [9.17, 15) is 24.3 Å². The van der Waals surface area contributed by atoms with Crippen LogP contribution in [-0.4, -0.2) is 64.0 Å². The van der Waals surface area contributed by atoms with E-state index in [4.69, 9.17) is 14.2 Å². The number of rotatable bonds is 14. The lowest BCUT2D eigenvalue weighted by Gasteiger charge is -2.24. The highest BCUT2D eigenvalue weighted by Gasteiger charge is 2.62. The number of hydrogen-bond acceptors (Lipinski definition) is 9. The molecule has 1 fully saturated rings. The van der Waals surface area contributed by atoms with Crippen molar-refractivity contribution >= 4 is 29.5 Å². The number of benzene rings is 1. The molecule has 41 heavy (non-hydrogen) atoms. The largest absolute Gasteiger partial charge is 0.453 e. The van der Waals surface area contributed by atoms with Gasteiger partial charge in [-0.05, 0) is 37.5 Å². The first-order chi connectivity index (χ1) is 19.6. The molecule has 0 saturated carbocycles. The van der Waals surface area contributed by atoms with Crippen molar-refractivity contribution in [1.82, 2.24) is 9.55 Å². The molecule has 0 unspecified atom stereocenters. The Labute approximate surface area is 235 Å². The van der Waals surface area contributed by atoms with Crippen LogP contribution in [0.2, 0.25) is 0 Å². The van der Waals surface area contributed by atoms with Gasteiger partial charge in [-0.25, -0.2) is 9.59 Å². The van der Waals surface area contributed by atoms with Crippen LogP contribution in [0.5, 0.6) is 0 Å². The van der Waals surface area contributed by atoms with Crippen LogP contribution in [0, 0.1) is 0 Å². The summed E-state index contributed by atoms with van der Waals surface area (Å²) in [5, 5.41) is 14.6. The molecular weight excluding hydrogens is 546 g/mol. The first kappa shape index (κ1) is 31.6. The zero-order valence-corrected chi connectivity index (χ0v) is 22.6. The van der Waals surface area contributed by atoms with E-state index in [0.717, 1.165) is 25.1 Å². The number of amides is 2. The van der Waals surface area contributed by atoms with Crippen LogP contribution in [0.4, 0.5) is 25.1 Å². The molecule has 224 valence electrons. The molecular formula is C27H34F2N4O8. The average molecular weight is 581 g/mol. The quantitative estimate of drug-likeness (QED) is 0.224. The Hall–Kier alpha value is -3.91. The first-order valence-electron chi connectivity index (χ1n) is 13.4. The van der Waals surface area contributed by atoms with E-state index in [2.05, 4.69) is 15.6 Å². The third-order valence-corrected chi connectivity index (χ3v) is 6.17. The van der Waals surface area contributed by atoms with Gasteiger partial charge in [0.2, 0.25) is 12.1 Å². The van der Waals surface area contributed by atoms with Crippen LogP contribution in [0.1, 0.15) is 58.1 Å². The van der Waals surface area contributed by atoms with Gasteiger partial charge in [0, 0.05) is 24.7 Å². The number of nitrogens with zero attached hydrogens (tertiary/aromatic N) is 2. The molecule has 1 saturated heterocycles. The predicted octanol–water partition coefficient (Wildman–Crippen LogP) is 3.62. The SMILES string of the molecule is CCCCCOC(=O)Nc1ccn([C@@H]2O[C@H](CO)[C@@H](OC(=O)CCCCC(=O)Nc3ccccc3)C2(F)F)c(=O)n1. The number of carbonyl (C=O) groups excluding carboxylic acids is 3. The molecule has 1 aromatic heterocycles. The minimum atomic E-state index is -3.91. The van der Waals surface area contributed by atoms with Gasteiger partial charge in [0.15, 0.2) is 6.10 Å². The summed E-state index contributed by atoms with van der Waals surface area (Å²) in [6.07, 6.45) is -3.07. The Balaban J connectivity index is 1.53. The van der Waals surface area contributed by atoms with E-state index in [1.54, 1.807) is 24.3 Å². The maximum absolute atomic E-state index is 15.3. The highest BCUT2D eigenvalue weighted by Crippen LogP contribution is 2.44. The molecule has 0 aliphatic carbocycles. The molecule has 1 aromatic carbocycles. The lowest BCUT2D eigenvalue weighted by molar-refractivity contribution is -0.176. The van der Waals surface area contributed by atoms with Crippen molar-refractivity contribution in [2.75, 3.05) is 23.8 Å². The highest BCUT2D eigenvalue weighted by molar-refractivity contribution is 5.90. The number of carbonyl (C=O) groups is 3. The topological polar surface area (TPSA) is 158 Å².